The van der Waals surface area contributed by atoms with E-state index in [2.05, 4.69) is 5.32 Å². The van der Waals surface area contributed by atoms with Gasteiger partial charge in [-0.25, -0.2) is 4.98 Å². The fraction of sp³-hybridized carbons (Fsp3) is 0.800. The number of aryl methyl sites for hydroxylation is 2. The maximum Gasteiger partial charge on any atom is 0.389 e. The molecule has 21 heavy (non-hydrogen) atoms. The normalized spacial score (nSPS) is 21.3. The molecule has 3 rings (SSSR count). The monoisotopic (exact) mass is 318 g/mol. The van der Waals surface area contributed by atoms with Crippen molar-refractivity contribution in [3.63, 3.8) is 0 Å². The Morgan fingerprint density at radius 1 is 1.24 bits per heavy atom. The van der Waals surface area contributed by atoms with E-state index in [1.54, 1.807) is 11.3 Å². The molecule has 2 nitrogen and oxygen atoms in total. The maximum atomic E-state index is 12.4. The molecule has 0 aromatic carbocycles. The van der Waals surface area contributed by atoms with Gasteiger partial charge in [-0.15, -0.1) is 11.3 Å². The van der Waals surface area contributed by atoms with Crippen LogP contribution in [0.3, 0.4) is 0 Å². The third-order valence-corrected chi connectivity index (χ3v) is 5.73. The first-order valence-electron chi connectivity index (χ1n) is 7.69. The molecule has 2 aliphatic carbocycles. The van der Waals surface area contributed by atoms with E-state index >= 15 is 0 Å². The summed E-state index contributed by atoms with van der Waals surface area (Å²) in [5.41, 5.74) is 0.774. The highest BCUT2D eigenvalue weighted by Crippen LogP contribution is 2.38. The predicted octanol–water partition coefficient (Wildman–Crippen LogP) is 4.33. The average molecular weight is 318 g/mol. The highest BCUT2D eigenvalue weighted by atomic mass is 32.1. The third-order valence-electron chi connectivity index (χ3n) is 4.30. The van der Waals surface area contributed by atoms with E-state index in [0.717, 1.165) is 37.1 Å². The summed E-state index contributed by atoms with van der Waals surface area (Å²) in [5, 5.41) is 4.53. The van der Waals surface area contributed by atoms with Crippen LogP contribution in [0.4, 0.5) is 13.2 Å². The van der Waals surface area contributed by atoms with E-state index < -0.39 is 18.1 Å². The molecule has 1 saturated carbocycles. The molecular formula is C15H21F3N2S. The number of aromatic nitrogens is 1. The molecule has 118 valence electrons. The highest BCUT2D eigenvalue weighted by molar-refractivity contribution is 7.12. The van der Waals surface area contributed by atoms with Gasteiger partial charge in [0.1, 0.15) is 5.01 Å². The van der Waals surface area contributed by atoms with E-state index in [1.165, 1.54) is 10.6 Å². The van der Waals surface area contributed by atoms with Gasteiger partial charge in [0.2, 0.25) is 0 Å². The summed E-state index contributed by atoms with van der Waals surface area (Å²) in [4.78, 5) is 6.07. The zero-order valence-electron chi connectivity index (χ0n) is 12.2. The van der Waals surface area contributed by atoms with Crippen molar-refractivity contribution in [3.05, 3.63) is 15.6 Å². The fourth-order valence-corrected chi connectivity index (χ4v) is 4.28. The summed E-state index contributed by atoms with van der Waals surface area (Å²) in [6, 6.07) is 0.458. The second kappa shape index (κ2) is 5.54. The molecule has 2 aliphatic rings. The van der Waals surface area contributed by atoms with Crippen molar-refractivity contribution < 1.29 is 13.2 Å². The van der Waals surface area contributed by atoms with Crippen LogP contribution < -0.4 is 5.32 Å². The first kappa shape index (κ1) is 15.3. The molecule has 1 heterocycles. The summed E-state index contributed by atoms with van der Waals surface area (Å²) in [7, 11) is 0. The number of nitrogens with zero attached hydrogens (tertiary/aromatic N) is 1. The van der Waals surface area contributed by atoms with Gasteiger partial charge in [0.05, 0.1) is 11.2 Å². The van der Waals surface area contributed by atoms with E-state index in [-0.39, 0.29) is 6.42 Å². The lowest BCUT2D eigenvalue weighted by atomic mass is 9.95. The van der Waals surface area contributed by atoms with Gasteiger partial charge < -0.3 is 5.32 Å². The Bertz CT molecular complexity index is 486. The Kier molecular flexibility index (Phi) is 4.03. The molecular weight excluding hydrogens is 297 g/mol. The lowest BCUT2D eigenvalue weighted by Crippen LogP contribution is -2.41. The van der Waals surface area contributed by atoms with Crippen molar-refractivity contribution in [2.75, 3.05) is 0 Å². The number of hydrogen-bond donors (Lipinski definition) is 1. The van der Waals surface area contributed by atoms with Crippen molar-refractivity contribution in [2.45, 2.75) is 76.0 Å². The first-order valence-corrected chi connectivity index (χ1v) is 8.51. The van der Waals surface area contributed by atoms with Crippen LogP contribution in [0.15, 0.2) is 0 Å². The third kappa shape index (κ3) is 3.77. The first-order chi connectivity index (χ1) is 9.86. The van der Waals surface area contributed by atoms with Crippen LogP contribution in [-0.4, -0.2) is 17.2 Å². The SMILES string of the molecule is CC(CCCC(F)(F)F)(NC1CC1)c1nc2c(s1)CCC2. The lowest BCUT2D eigenvalue weighted by Gasteiger charge is -2.29. The van der Waals surface area contributed by atoms with E-state index in [9.17, 15) is 13.2 Å². The minimum Gasteiger partial charge on any atom is -0.303 e. The molecule has 6 heteroatoms. The molecule has 1 aromatic rings. The molecule has 0 spiro atoms. The smallest absolute Gasteiger partial charge is 0.303 e. The van der Waals surface area contributed by atoms with E-state index in [0.29, 0.717) is 12.5 Å². The van der Waals surface area contributed by atoms with Crippen molar-refractivity contribution in [1.82, 2.24) is 10.3 Å². The molecule has 0 amide bonds. The molecule has 1 N–H and O–H groups in total. The summed E-state index contributed by atoms with van der Waals surface area (Å²) in [6.07, 6.45) is 1.39. The number of nitrogens with one attached hydrogen (secondary N) is 1. The Hall–Kier alpha value is -0.620. The Morgan fingerprint density at radius 2 is 2.00 bits per heavy atom. The summed E-state index contributed by atoms with van der Waals surface area (Å²) in [5.74, 6) is 0. The van der Waals surface area contributed by atoms with E-state index in [1.807, 2.05) is 6.92 Å². The minimum absolute atomic E-state index is 0.157. The Labute approximate surface area is 127 Å². The molecule has 1 fully saturated rings. The number of fused-ring (bicyclic) bond motifs is 1. The summed E-state index contributed by atoms with van der Waals surface area (Å²) >= 11 is 1.70. The molecule has 0 bridgehead atoms. The number of rotatable bonds is 6. The highest BCUT2D eigenvalue weighted by Gasteiger charge is 2.38. The van der Waals surface area contributed by atoms with Crippen LogP contribution in [0.5, 0.6) is 0 Å². The molecule has 0 aliphatic heterocycles. The van der Waals surface area contributed by atoms with Crippen LogP contribution in [0, 0.1) is 0 Å². The molecule has 1 atom stereocenters. The number of halogens is 3. The van der Waals surface area contributed by atoms with Gasteiger partial charge in [0.15, 0.2) is 0 Å². The van der Waals surface area contributed by atoms with Crippen molar-refractivity contribution >= 4 is 11.3 Å². The average Bonchev–Trinajstić information content (AvgIpc) is 2.89. The van der Waals surface area contributed by atoms with Crippen molar-refractivity contribution in [2.24, 2.45) is 0 Å². The Morgan fingerprint density at radius 3 is 2.62 bits per heavy atom. The Balaban J connectivity index is 1.71. The summed E-state index contributed by atoms with van der Waals surface area (Å²) in [6.45, 7) is 2.02. The fourth-order valence-electron chi connectivity index (χ4n) is 2.99. The molecule has 0 radical (unpaired) electrons. The van der Waals surface area contributed by atoms with Crippen molar-refractivity contribution in [3.8, 4) is 0 Å². The zero-order valence-corrected chi connectivity index (χ0v) is 13.0. The molecule has 1 unspecified atom stereocenters. The maximum absolute atomic E-state index is 12.4. The van der Waals surface area contributed by atoms with Crippen LogP contribution in [0.1, 0.15) is 61.0 Å². The second-order valence-corrected chi connectivity index (χ2v) is 7.55. The topological polar surface area (TPSA) is 24.9 Å². The van der Waals surface area contributed by atoms with Crippen molar-refractivity contribution in [1.29, 1.82) is 0 Å². The zero-order chi connectivity index (χ0) is 15.1. The van der Waals surface area contributed by atoms with Crippen LogP contribution >= 0.6 is 11.3 Å². The van der Waals surface area contributed by atoms with E-state index in [4.69, 9.17) is 4.98 Å². The largest absolute Gasteiger partial charge is 0.389 e. The number of hydrogen-bond acceptors (Lipinski definition) is 3. The van der Waals surface area contributed by atoms with Gasteiger partial charge in [0, 0.05) is 17.3 Å². The lowest BCUT2D eigenvalue weighted by molar-refractivity contribution is -0.136. The van der Waals surface area contributed by atoms with Gasteiger partial charge in [0.25, 0.3) is 0 Å². The van der Waals surface area contributed by atoms with Crippen LogP contribution in [-0.2, 0) is 18.4 Å². The van der Waals surface area contributed by atoms with Gasteiger partial charge in [-0.05, 0) is 51.9 Å². The van der Waals surface area contributed by atoms with Gasteiger partial charge in [-0.3, -0.25) is 0 Å². The molecule has 1 aromatic heterocycles. The molecule has 0 saturated heterocycles. The van der Waals surface area contributed by atoms with Gasteiger partial charge >= 0.3 is 6.18 Å². The summed E-state index contributed by atoms with van der Waals surface area (Å²) < 4.78 is 37.2. The standard InChI is InChI=1S/C15H21F3N2S/c1-14(20-10-6-7-10,8-3-9-15(16,17)18)13-19-11-4-2-5-12(11)21-13/h10,20H,2-9H2,1H3. The van der Waals surface area contributed by atoms with Crippen LogP contribution in [0.25, 0.3) is 0 Å². The predicted molar refractivity (Wildman–Crippen MR) is 77.6 cm³/mol. The number of alkyl halides is 3. The van der Waals surface area contributed by atoms with Crippen LogP contribution in [0.2, 0.25) is 0 Å². The second-order valence-electron chi connectivity index (χ2n) is 6.46. The van der Waals surface area contributed by atoms with Gasteiger partial charge in [-0.1, -0.05) is 0 Å². The van der Waals surface area contributed by atoms with Gasteiger partial charge in [-0.2, -0.15) is 13.2 Å². The number of thiazole rings is 1. The minimum atomic E-state index is -4.06. The quantitative estimate of drug-likeness (QED) is 0.844.